The molecule has 1 atom stereocenters. The standard InChI is InChI=1S/C24H23N5O3/c30-23(16-31-20-8-7-18-5-1-2-6-19(18)13-20)29-11-3-4-17(15-29)12-22-27-24(28-32-22)21-14-25-9-10-26-21/h1-2,5-10,13-14,17H,3-4,11-12,15-16H2. The topological polar surface area (TPSA) is 94.2 Å². The van der Waals surface area contributed by atoms with E-state index >= 15 is 0 Å². The summed E-state index contributed by atoms with van der Waals surface area (Å²) in [5.74, 6) is 1.95. The van der Waals surface area contributed by atoms with Crippen molar-refractivity contribution in [2.45, 2.75) is 19.3 Å². The second kappa shape index (κ2) is 9.13. The van der Waals surface area contributed by atoms with Gasteiger partial charge in [-0.05, 0) is 41.7 Å². The molecule has 1 aliphatic heterocycles. The average molecular weight is 429 g/mol. The van der Waals surface area contributed by atoms with Crippen LogP contribution in [0.2, 0.25) is 0 Å². The summed E-state index contributed by atoms with van der Waals surface area (Å²) in [6.45, 7) is 1.43. The lowest BCUT2D eigenvalue weighted by molar-refractivity contribution is -0.135. The van der Waals surface area contributed by atoms with Crippen molar-refractivity contribution in [2.24, 2.45) is 5.92 Å². The molecule has 0 bridgehead atoms. The van der Waals surface area contributed by atoms with Crippen LogP contribution in [0.25, 0.3) is 22.3 Å². The Morgan fingerprint density at radius 1 is 1.16 bits per heavy atom. The van der Waals surface area contributed by atoms with Gasteiger partial charge < -0.3 is 14.2 Å². The van der Waals surface area contributed by atoms with Gasteiger partial charge >= 0.3 is 0 Å². The van der Waals surface area contributed by atoms with E-state index in [4.69, 9.17) is 9.26 Å². The minimum Gasteiger partial charge on any atom is -0.484 e. The molecule has 2 aromatic heterocycles. The monoisotopic (exact) mass is 429 g/mol. The number of nitrogens with zero attached hydrogens (tertiary/aromatic N) is 5. The predicted molar refractivity (Wildman–Crippen MR) is 118 cm³/mol. The molecule has 1 fully saturated rings. The Labute approximate surface area is 185 Å². The van der Waals surface area contributed by atoms with Gasteiger partial charge in [-0.2, -0.15) is 4.98 Å². The predicted octanol–water partition coefficient (Wildman–Crippen LogP) is 3.54. The normalized spacial score (nSPS) is 16.2. The molecule has 1 saturated heterocycles. The summed E-state index contributed by atoms with van der Waals surface area (Å²) >= 11 is 0. The van der Waals surface area contributed by atoms with E-state index < -0.39 is 0 Å². The van der Waals surface area contributed by atoms with E-state index in [0.29, 0.717) is 36.1 Å². The van der Waals surface area contributed by atoms with Crippen LogP contribution in [0.3, 0.4) is 0 Å². The molecule has 8 nitrogen and oxygen atoms in total. The zero-order chi connectivity index (χ0) is 21.8. The van der Waals surface area contributed by atoms with Gasteiger partial charge in [0.15, 0.2) is 6.61 Å². The number of hydrogen-bond donors (Lipinski definition) is 0. The summed E-state index contributed by atoms with van der Waals surface area (Å²) in [4.78, 5) is 27.3. The van der Waals surface area contributed by atoms with Crippen molar-refractivity contribution in [3.63, 3.8) is 0 Å². The molecule has 1 amide bonds. The molecular formula is C24H23N5O3. The molecule has 5 rings (SSSR count). The fourth-order valence-electron chi connectivity index (χ4n) is 4.06. The number of rotatable bonds is 6. The van der Waals surface area contributed by atoms with Crippen molar-refractivity contribution in [1.29, 1.82) is 0 Å². The van der Waals surface area contributed by atoms with E-state index in [1.807, 2.05) is 41.3 Å². The summed E-state index contributed by atoms with van der Waals surface area (Å²) in [7, 11) is 0. The summed E-state index contributed by atoms with van der Waals surface area (Å²) in [5.41, 5.74) is 0.578. The number of hydrogen-bond acceptors (Lipinski definition) is 7. The lowest BCUT2D eigenvalue weighted by atomic mass is 9.95. The van der Waals surface area contributed by atoms with Crippen LogP contribution in [0.5, 0.6) is 5.75 Å². The van der Waals surface area contributed by atoms with E-state index in [9.17, 15) is 4.79 Å². The number of aromatic nitrogens is 4. The Morgan fingerprint density at radius 3 is 2.94 bits per heavy atom. The summed E-state index contributed by atoms with van der Waals surface area (Å²) in [6, 6.07) is 14.0. The number of carbonyl (C=O) groups excluding carboxylic acids is 1. The van der Waals surface area contributed by atoms with E-state index in [0.717, 1.165) is 30.2 Å². The molecule has 0 spiro atoms. The van der Waals surface area contributed by atoms with Crippen LogP contribution in [0.15, 0.2) is 65.6 Å². The molecule has 0 N–H and O–H groups in total. The lowest BCUT2D eigenvalue weighted by Gasteiger charge is -2.32. The number of ether oxygens (including phenoxy) is 1. The molecule has 2 aromatic carbocycles. The quantitative estimate of drug-likeness (QED) is 0.463. The van der Waals surface area contributed by atoms with Crippen LogP contribution in [-0.2, 0) is 11.2 Å². The Morgan fingerprint density at radius 2 is 2.06 bits per heavy atom. The zero-order valence-electron chi connectivity index (χ0n) is 17.6. The Hall–Kier alpha value is -3.81. The van der Waals surface area contributed by atoms with Gasteiger partial charge in [-0.15, -0.1) is 0 Å². The maximum absolute atomic E-state index is 12.8. The molecule has 0 saturated carbocycles. The highest BCUT2D eigenvalue weighted by atomic mass is 16.5. The second-order valence-electron chi connectivity index (χ2n) is 7.95. The first-order chi connectivity index (χ1) is 15.7. The maximum atomic E-state index is 12.8. The van der Waals surface area contributed by atoms with Crippen LogP contribution in [0.4, 0.5) is 0 Å². The van der Waals surface area contributed by atoms with Gasteiger partial charge in [-0.25, -0.2) is 4.98 Å². The van der Waals surface area contributed by atoms with E-state index in [2.05, 4.69) is 26.2 Å². The molecule has 162 valence electrons. The van der Waals surface area contributed by atoms with Gasteiger partial charge in [0.1, 0.15) is 11.4 Å². The molecule has 8 heteroatoms. The first-order valence-electron chi connectivity index (χ1n) is 10.7. The first-order valence-corrected chi connectivity index (χ1v) is 10.7. The van der Waals surface area contributed by atoms with Crippen molar-refractivity contribution in [1.82, 2.24) is 25.0 Å². The van der Waals surface area contributed by atoms with Crippen LogP contribution in [0, 0.1) is 5.92 Å². The zero-order valence-corrected chi connectivity index (χ0v) is 17.6. The number of fused-ring (bicyclic) bond motifs is 1. The van der Waals surface area contributed by atoms with E-state index in [1.54, 1.807) is 18.6 Å². The average Bonchev–Trinajstić information content (AvgIpc) is 3.31. The molecule has 32 heavy (non-hydrogen) atoms. The number of piperidine rings is 1. The van der Waals surface area contributed by atoms with Gasteiger partial charge in [-0.1, -0.05) is 35.5 Å². The van der Waals surface area contributed by atoms with Crippen molar-refractivity contribution in [2.75, 3.05) is 19.7 Å². The summed E-state index contributed by atoms with van der Waals surface area (Å²) in [5, 5.41) is 6.24. The Bertz CT molecular complexity index is 1210. The van der Waals surface area contributed by atoms with Crippen LogP contribution < -0.4 is 4.74 Å². The van der Waals surface area contributed by atoms with Crippen LogP contribution in [0.1, 0.15) is 18.7 Å². The van der Waals surface area contributed by atoms with Gasteiger partial charge in [0.05, 0.1) is 6.20 Å². The Balaban J connectivity index is 1.16. The first kappa shape index (κ1) is 20.1. The van der Waals surface area contributed by atoms with Crippen molar-refractivity contribution in [3.05, 3.63) is 66.9 Å². The molecule has 1 unspecified atom stereocenters. The minimum absolute atomic E-state index is 0.00589. The molecule has 3 heterocycles. The van der Waals surface area contributed by atoms with E-state index in [-0.39, 0.29) is 18.4 Å². The minimum atomic E-state index is -0.00589. The third kappa shape index (κ3) is 4.59. The third-order valence-electron chi connectivity index (χ3n) is 5.68. The highest BCUT2D eigenvalue weighted by Gasteiger charge is 2.26. The van der Waals surface area contributed by atoms with Crippen molar-refractivity contribution < 1.29 is 14.1 Å². The summed E-state index contributed by atoms with van der Waals surface area (Å²) < 4.78 is 11.2. The van der Waals surface area contributed by atoms with Gasteiger partial charge in [-0.3, -0.25) is 9.78 Å². The lowest BCUT2D eigenvalue weighted by Crippen LogP contribution is -2.42. The highest BCUT2D eigenvalue weighted by molar-refractivity contribution is 5.84. The van der Waals surface area contributed by atoms with Gasteiger partial charge in [0.2, 0.25) is 11.7 Å². The number of benzene rings is 2. The second-order valence-corrected chi connectivity index (χ2v) is 7.95. The number of amides is 1. The fourth-order valence-corrected chi connectivity index (χ4v) is 4.06. The third-order valence-corrected chi connectivity index (χ3v) is 5.68. The fraction of sp³-hybridized carbons (Fsp3) is 0.292. The van der Waals surface area contributed by atoms with E-state index in [1.165, 1.54) is 0 Å². The largest absolute Gasteiger partial charge is 0.484 e. The molecule has 0 radical (unpaired) electrons. The molecule has 4 aromatic rings. The number of carbonyl (C=O) groups is 1. The van der Waals surface area contributed by atoms with Gasteiger partial charge in [0.25, 0.3) is 5.91 Å². The number of likely N-dealkylation sites (tertiary alicyclic amines) is 1. The van der Waals surface area contributed by atoms with Crippen molar-refractivity contribution in [3.8, 4) is 17.3 Å². The Kier molecular flexibility index (Phi) is 5.74. The SMILES string of the molecule is O=C(COc1ccc2ccccc2c1)N1CCCC(Cc2nc(-c3cnccn3)no2)C1. The maximum Gasteiger partial charge on any atom is 0.260 e. The molecule has 1 aliphatic rings. The molecular weight excluding hydrogens is 406 g/mol. The van der Waals surface area contributed by atoms with Crippen LogP contribution in [-0.4, -0.2) is 50.6 Å². The molecule has 0 aliphatic carbocycles. The summed E-state index contributed by atoms with van der Waals surface area (Å²) in [6.07, 6.45) is 7.38. The van der Waals surface area contributed by atoms with Crippen LogP contribution >= 0.6 is 0 Å². The highest BCUT2D eigenvalue weighted by Crippen LogP contribution is 2.23. The van der Waals surface area contributed by atoms with Gasteiger partial charge in [0, 0.05) is 31.9 Å². The van der Waals surface area contributed by atoms with Crippen molar-refractivity contribution >= 4 is 16.7 Å². The smallest absolute Gasteiger partial charge is 0.260 e.